The maximum Gasteiger partial charge on any atom is 0.335 e. The molecule has 4 heteroatoms. The molecule has 0 aromatic heterocycles. The zero-order valence-electron chi connectivity index (χ0n) is 11.6. The number of benzene rings is 1. The third-order valence-corrected chi connectivity index (χ3v) is 3.58. The van der Waals surface area contributed by atoms with E-state index >= 15 is 0 Å². The molecule has 4 nitrogen and oxygen atoms in total. The minimum Gasteiger partial charge on any atom is -0.496 e. The monoisotopic (exact) mass is 263 g/mol. The maximum absolute atomic E-state index is 11.0. The summed E-state index contributed by atoms with van der Waals surface area (Å²) in [5, 5.41) is 9.07. The Labute approximate surface area is 114 Å². The average Bonchev–Trinajstić information content (AvgIpc) is 3.21. The predicted octanol–water partition coefficient (Wildman–Crippen LogP) is 2.63. The van der Waals surface area contributed by atoms with E-state index in [9.17, 15) is 4.79 Å². The van der Waals surface area contributed by atoms with E-state index in [1.165, 1.54) is 12.8 Å². The van der Waals surface area contributed by atoms with Crippen LogP contribution in [-0.2, 0) is 6.54 Å². The minimum atomic E-state index is -0.894. The highest BCUT2D eigenvalue weighted by molar-refractivity contribution is 5.88. The lowest BCUT2D eigenvalue weighted by Crippen LogP contribution is -2.25. The molecule has 1 aliphatic rings. The Hall–Kier alpha value is -1.55. The molecule has 0 amide bonds. The summed E-state index contributed by atoms with van der Waals surface area (Å²) in [6, 6.07) is 5.04. The number of rotatable bonds is 7. The molecule has 0 unspecified atom stereocenters. The first kappa shape index (κ1) is 13.9. The van der Waals surface area contributed by atoms with Crippen molar-refractivity contribution in [1.82, 2.24) is 4.90 Å². The fourth-order valence-electron chi connectivity index (χ4n) is 2.25. The molecule has 1 N–H and O–H groups in total. The highest BCUT2D eigenvalue weighted by Crippen LogP contribution is 2.31. The van der Waals surface area contributed by atoms with Gasteiger partial charge in [-0.3, -0.25) is 4.90 Å². The Morgan fingerprint density at radius 1 is 1.47 bits per heavy atom. The topological polar surface area (TPSA) is 49.8 Å². The normalized spacial score (nSPS) is 14.7. The third-order valence-electron chi connectivity index (χ3n) is 3.58. The van der Waals surface area contributed by atoms with Crippen LogP contribution in [0.3, 0.4) is 0 Å². The number of hydrogen-bond acceptors (Lipinski definition) is 3. The van der Waals surface area contributed by atoms with Gasteiger partial charge >= 0.3 is 5.97 Å². The second-order valence-corrected chi connectivity index (χ2v) is 5.10. The third kappa shape index (κ3) is 3.70. The van der Waals surface area contributed by atoms with Gasteiger partial charge in [0.2, 0.25) is 0 Å². The Morgan fingerprint density at radius 2 is 2.21 bits per heavy atom. The van der Waals surface area contributed by atoms with Gasteiger partial charge in [-0.05, 0) is 43.5 Å². The van der Waals surface area contributed by atoms with Gasteiger partial charge < -0.3 is 9.84 Å². The summed E-state index contributed by atoms with van der Waals surface area (Å²) in [7, 11) is 1.62. The number of aromatic carboxylic acids is 1. The number of methoxy groups -OCH3 is 1. The molecule has 0 aliphatic heterocycles. The van der Waals surface area contributed by atoms with Crippen LogP contribution < -0.4 is 4.74 Å². The Kier molecular flexibility index (Phi) is 4.43. The molecular weight excluding hydrogens is 242 g/mol. The zero-order valence-corrected chi connectivity index (χ0v) is 11.6. The molecule has 1 saturated carbocycles. The van der Waals surface area contributed by atoms with Crippen molar-refractivity contribution in [1.29, 1.82) is 0 Å². The van der Waals surface area contributed by atoms with E-state index in [2.05, 4.69) is 11.8 Å². The summed E-state index contributed by atoms with van der Waals surface area (Å²) in [6.45, 7) is 4.95. The smallest absolute Gasteiger partial charge is 0.335 e. The van der Waals surface area contributed by atoms with Crippen molar-refractivity contribution in [3.8, 4) is 5.75 Å². The van der Waals surface area contributed by atoms with Crippen molar-refractivity contribution in [2.75, 3.05) is 20.2 Å². The van der Waals surface area contributed by atoms with E-state index in [0.29, 0.717) is 5.56 Å². The van der Waals surface area contributed by atoms with Crippen LogP contribution in [0.25, 0.3) is 0 Å². The Bertz CT molecular complexity index is 455. The predicted molar refractivity (Wildman–Crippen MR) is 73.6 cm³/mol. The molecule has 19 heavy (non-hydrogen) atoms. The summed E-state index contributed by atoms with van der Waals surface area (Å²) in [5.74, 6) is 0.696. The highest BCUT2D eigenvalue weighted by atomic mass is 16.5. The van der Waals surface area contributed by atoms with Gasteiger partial charge in [-0.25, -0.2) is 4.79 Å². The Morgan fingerprint density at radius 3 is 2.74 bits per heavy atom. The van der Waals surface area contributed by atoms with Crippen molar-refractivity contribution in [2.24, 2.45) is 5.92 Å². The van der Waals surface area contributed by atoms with Crippen LogP contribution in [0.15, 0.2) is 18.2 Å². The van der Waals surface area contributed by atoms with Gasteiger partial charge in [0, 0.05) is 18.7 Å². The first-order valence-electron chi connectivity index (χ1n) is 6.76. The fourth-order valence-corrected chi connectivity index (χ4v) is 2.25. The molecule has 104 valence electrons. The number of carboxylic acid groups (broad SMARTS) is 1. The quantitative estimate of drug-likeness (QED) is 0.821. The molecule has 2 rings (SSSR count). The highest BCUT2D eigenvalue weighted by Gasteiger charge is 2.24. The van der Waals surface area contributed by atoms with Crippen LogP contribution in [0, 0.1) is 5.92 Å². The minimum absolute atomic E-state index is 0.318. The van der Waals surface area contributed by atoms with E-state index < -0.39 is 5.97 Å². The van der Waals surface area contributed by atoms with Crippen molar-refractivity contribution in [3.63, 3.8) is 0 Å². The summed E-state index contributed by atoms with van der Waals surface area (Å²) in [5.41, 5.74) is 1.27. The second kappa shape index (κ2) is 6.06. The number of carbonyl (C=O) groups is 1. The van der Waals surface area contributed by atoms with Crippen LogP contribution in [0.1, 0.15) is 35.7 Å². The molecule has 1 aromatic rings. The van der Waals surface area contributed by atoms with Gasteiger partial charge in [-0.15, -0.1) is 0 Å². The van der Waals surface area contributed by atoms with E-state index in [1.807, 2.05) is 0 Å². The van der Waals surface area contributed by atoms with Crippen molar-refractivity contribution < 1.29 is 14.6 Å². The summed E-state index contributed by atoms with van der Waals surface area (Å²) >= 11 is 0. The largest absolute Gasteiger partial charge is 0.496 e. The average molecular weight is 263 g/mol. The first-order chi connectivity index (χ1) is 9.13. The number of nitrogens with zero attached hydrogens (tertiary/aromatic N) is 1. The first-order valence-corrected chi connectivity index (χ1v) is 6.76. The molecular formula is C15H21NO3. The summed E-state index contributed by atoms with van der Waals surface area (Å²) < 4.78 is 5.33. The zero-order chi connectivity index (χ0) is 13.8. The van der Waals surface area contributed by atoms with Gasteiger partial charge in [-0.1, -0.05) is 6.92 Å². The van der Waals surface area contributed by atoms with Crippen LogP contribution in [-0.4, -0.2) is 36.2 Å². The molecule has 0 atom stereocenters. The van der Waals surface area contributed by atoms with Crippen LogP contribution in [0.2, 0.25) is 0 Å². The molecule has 0 spiro atoms. The van der Waals surface area contributed by atoms with Crippen molar-refractivity contribution in [2.45, 2.75) is 26.3 Å². The van der Waals surface area contributed by atoms with Crippen LogP contribution >= 0.6 is 0 Å². The molecule has 0 radical (unpaired) electrons. The van der Waals surface area contributed by atoms with Crippen molar-refractivity contribution in [3.05, 3.63) is 29.3 Å². The molecule has 1 aliphatic carbocycles. The van der Waals surface area contributed by atoms with Gasteiger partial charge in [0.1, 0.15) is 5.75 Å². The van der Waals surface area contributed by atoms with Crippen LogP contribution in [0.4, 0.5) is 0 Å². The Balaban J connectivity index is 2.14. The molecule has 0 heterocycles. The van der Waals surface area contributed by atoms with Gasteiger partial charge in [0.05, 0.1) is 12.7 Å². The van der Waals surface area contributed by atoms with E-state index in [1.54, 1.807) is 25.3 Å². The fraction of sp³-hybridized carbons (Fsp3) is 0.533. The lowest BCUT2D eigenvalue weighted by molar-refractivity contribution is 0.0696. The summed E-state index contributed by atoms with van der Waals surface area (Å²) in [4.78, 5) is 13.4. The maximum atomic E-state index is 11.0. The summed E-state index contributed by atoms with van der Waals surface area (Å²) in [6.07, 6.45) is 2.64. The molecule has 0 saturated heterocycles. The second-order valence-electron chi connectivity index (χ2n) is 5.10. The number of carboxylic acids is 1. The van der Waals surface area contributed by atoms with Crippen molar-refractivity contribution >= 4 is 5.97 Å². The molecule has 0 bridgehead atoms. The lowest BCUT2D eigenvalue weighted by Gasteiger charge is -2.21. The van der Waals surface area contributed by atoms with Gasteiger partial charge in [0.25, 0.3) is 0 Å². The van der Waals surface area contributed by atoms with E-state index in [0.717, 1.165) is 36.9 Å². The lowest BCUT2D eigenvalue weighted by atomic mass is 10.1. The van der Waals surface area contributed by atoms with E-state index in [-0.39, 0.29) is 0 Å². The standard InChI is InChI=1S/C15H21NO3/c1-3-16(9-11-4-5-11)10-13-8-12(15(17)18)6-7-14(13)19-2/h6-8,11H,3-5,9-10H2,1-2H3,(H,17,18). The number of ether oxygens (including phenoxy) is 1. The number of hydrogen-bond donors (Lipinski definition) is 1. The van der Waals surface area contributed by atoms with Gasteiger partial charge in [-0.2, -0.15) is 0 Å². The molecule has 1 aromatic carbocycles. The van der Waals surface area contributed by atoms with E-state index in [4.69, 9.17) is 9.84 Å². The van der Waals surface area contributed by atoms with Gasteiger partial charge in [0.15, 0.2) is 0 Å². The molecule has 1 fully saturated rings. The SMILES string of the molecule is CCN(Cc1cc(C(=O)O)ccc1OC)CC1CC1. The van der Waals surface area contributed by atoms with Crippen LogP contribution in [0.5, 0.6) is 5.75 Å².